The third-order valence-corrected chi connectivity index (χ3v) is 7.15. The van der Waals surface area contributed by atoms with Gasteiger partial charge in [0.25, 0.3) is 0 Å². The fraction of sp³-hybridized carbons (Fsp3) is 0.423. The Bertz CT molecular complexity index is 1080. The molecule has 0 fully saturated rings. The van der Waals surface area contributed by atoms with Crippen LogP contribution in [-0.4, -0.2) is 62.2 Å². The van der Waals surface area contributed by atoms with Crippen LogP contribution in [0.25, 0.3) is 0 Å². The summed E-state index contributed by atoms with van der Waals surface area (Å²) in [6, 6.07) is 14.5. The summed E-state index contributed by atoms with van der Waals surface area (Å²) in [5.41, 5.74) is 6.87. The number of rotatable bonds is 16. The number of sulfone groups is 1. The van der Waals surface area contributed by atoms with Crippen LogP contribution in [0.15, 0.2) is 48.5 Å². The Balaban J connectivity index is 0.000000486. The maximum atomic E-state index is 12.0. The van der Waals surface area contributed by atoms with Crippen molar-refractivity contribution in [2.24, 2.45) is 11.5 Å². The molecule has 0 amide bonds. The van der Waals surface area contributed by atoms with Crippen molar-refractivity contribution in [3.63, 3.8) is 0 Å². The van der Waals surface area contributed by atoms with Crippen LogP contribution in [0.4, 0.5) is 13.2 Å². The van der Waals surface area contributed by atoms with Gasteiger partial charge >= 0.3 is 5.51 Å². The van der Waals surface area contributed by atoms with Crippen LogP contribution in [0.1, 0.15) is 49.7 Å². The number of amidine groups is 2. The third-order valence-electron chi connectivity index (χ3n) is 5.37. The lowest BCUT2D eigenvalue weighted by Gasteiger charge is -2.29. The fourth-order valence-corrected chi connectivity index (χ4v) is 4.25. The Morgan fingerprint density at radius 3 is 1.38 bits per heavy atom. The van der Waals surface area contributed by atoms with Gasteiger partial charge in [0, 0.05) is 24.3 Å². The van der Waals surface area contributed by atoms with E-state index in [-0.39, 0.29) is 11.7 Å². The van der Waals surface area contributed by atoms with Gasteiger partial charge in [0.1, 0.15) is 33.0 Å². The number of hydrogen-bond acceptors (Lipinski definition) is 8. The number of halogens is 3. The Morgan fingerprint density at radius 1 is 0.750 bits per heavy atom. The number of nitrogens with one attached hydrogen (secondary N) is 2. The third kappa shape index (κ3) is 12.2. The Labute approximate surface area is 232 Å². The molecule has 0 saturated heterocycles. The molecule has 224 valence electrons. The summed E-state index contributed by atoms with van der Waals surface area (Å²) in [5.74, 6) is 1.72. The van der Waals surface area contributed by atoms with E-state index < -0.39 is 46.7 Å². The number of alkyl halides is 3. The van der Waals surface area contributed by atoms with Crippen LogP contribution < -0.4 is 20.9 Å². The van der Waals surface area contributed by atoms with Gasteiger partial charge in [-0.05, 0) is 74.2 Å². The van der Waals surface area contributed by atoms with Crippen LogP contribution in [0.3, 0.4) is 0 Å². The molecule has 10 nitrogen and oxygen atoms in total. The fourth-order valence-electron chi connectivity index (χ4n) is 3.21. The first-order valence-corrected chi connectivity index (χ1v) is 13.8. The second kappa shape index (κ2) is 17.4. The number of unbranched alkanes of at least 4 members (excludes halogenated alkanes) is 3. The molecule has 0 radical (unpaired) electrons. The normalized spacial score (nSPS) is 11.4. The van der Waals surface area contributed by atoms with Gasteiger partial charge in [-0.3, -0.25) is 19.2 Å². The van der Waals surface area contributed by atoms with Gasteiger partial charge in [0.05, 0.1) is 13.2 Å². The molecule has 2 aromatic rings. The largest absolute Gasteiger partial charge is 0.494 e. The Hall–Kier alpha value is -3.36. The van der Waals surface area contributed by atoms with Gasteiger partial charge in [-0.15, -0.1) is 12.8 Å². The zero-order chi connectivity index (χ0) is 30.2. The maximum absolute atomic E-state index is 12.0. The Morgan fingerprint density at radius 2 is 1.10 bits per heavy atom. The highest BCUT2D eigenvalue weighted by molar-refractivity contribution is 7.95. The van der Waals surface area contributed by atoms with E-state index in [1.54, 1.807) is 24.3 Å². The maximum Gasteiger partial charge on any atom is 0.468 e. The lowest BCUT2D eigenvalue weighted by molar-refractivity contribution is -0.0436. The monoisotopic (exact) mass is 589 g/mol. The first kappa shape index (κ1) is 34.7. The summed E-state index contributed by atoms with van der Waals surface area (Å²) in [7, 11) is -5.37. The number of nitrogen functional groups attached to an aromatic ring is 2. The number of hydrogen-bond donors (Lipinski definition) is 6. The first-order valence-electron chi connectivity index (χ1n) is 12.4. The molecule has 0 aliphatic carbocycles. The summed E-state index contributed by atoms with van der Waals surface area (Å²) >= 11 is 0. The standard InChI is InChI=1S/C20H26N4O2.C6H10F3O4S/c21-19(22)15-5-9-17(10-6-15)25-13-3-1-2-4-14-26-18-11-7-16(8-12-18)20(23)24;7-6(8,9)14(12,13)5(1-3-10)2-4-11/h5-12H,1-4,13-14H2,(H3,21,22)(H3,23,24);10-11H,1-4H2/q;-1. The summed E-state index contributed by atoms with van der Waals surface area (Å²) in [6.45, 7) is -0.0607. The molecule has 0 spiro atoms. The van der Waals surface area contributed by atoms with Crippen molar-refractivity contribution in [2.75, 3.05) is 26.4 Å². The van der Waals surface area contributed by atoms with Crippen molar-refractivity contribution >= 4 is 21.5 Å². The van der Waals surface area contributed by atoms with Gasteiger partial charge in [-0.25, -0.2) is 0 Å². The molecule has 0 aliphatic rings. The second-order valence-electron chi connectivity index (χ2n) is 8.42. The van der Waals surface area contributed by atoms with E-state index in [4.69, 9.17) is 42.0 Å². The highest BCUT2D eigenvalue weighted by Crippen LogP contribution is 2.34. The molecule has 2 aromatic carbocycles. The highest BCUT2D eigenvalue weighted by atomic mass is 32.2. The molecule has 0 unspecified atom stereocenters. The lowest BCUT2D eigenvalue weighted by atomic mass is 10.2. The van der Waals surface area contributed by atoms with Crippen LogP contribution >= 0.6 is 0 Å². The molecular weight excluding hydrogens is 553 g/mol. The number of nitrogens with two attached hydrogens (primary N) is 2. The van der Waals surface area contributed by atoms with Crippen molar-refractivity contribution in [2.45, 2.75) is 44.0 Å². The van der Waals surface area contributed by atoms with Crippen molar-refractivity contribution in [3.05, 3.63) is 64.9 Å². The molecule has 8 N–H and O–H groups in total. The summed E-state index contributed by atoms with van der Waals surface area (Å²) < 4.78 is 68.7. The highest BCUT2D eigenvalue weighted by Gasteiger charge is 2.42. The molecule has 0 bridgehead atoms. The predicted octanol–water partition coefficient (Wildman–Crippen LogP) is 3.49. The number of aliphatic hydroxyl groups is 2. The van der Waals surface area contributed by atoms with Crippen LogP contribution in [0.2, 0.25) is 0 Å². The average molecular weight is 590 g/mol. The van der Waals surface area contributed by atoms with E-state index in [0.717, 1.165) is 37.2 Å². The average Bonchev–Trinajstić information content (AvgIpc) is 2.90. The molecule has 0 saturated carbocycles. The van der Waals surface area contributed by atoms with E-state index in [9.17, 15) is 21.6 Å². The Kier molecular flexibility index (Phi) is 15.0. The minimum absolute atomic E-state index is 0.0635. The molecule has 0 aliphatic heterocycles. The lowest BCUT2D eigenvalue weighted by Crippen LogP contribution is -2.30. The van der Waals surface area contributed by atoms with Gasteiger partial charge in [0.2, 0.25) is 0 Å². The zero-order valence-corrected chi connectivity index (χ0v) is 22.7. The molecule has 0 atom stereocenters. The van der Waals surface area contributed by atoms with E-state index in [1.165, 1.54) is 0 Å². The van der Waals surface area contributed by atoms with E-state index in [2.05, 4.69) is 0 Å². The molecule has 14 heteroatoms. The molecule has 2 rings (SSSR count). The van der Waals surface area contributed by atoms with Crippen LogP contribution in [0, 0.1) is 16.1 Å². The SMILES string of the molecule is N=C(N)c1ccc(OCCCCCCOc2ccc(C(=N)N)cc2)cc1.O=S(=O)([C-](CCO)CCO)C(F)(F)F. The van der Waals surface area contributed by atoms with Crippen molar-refractivity contribution < 1.29 is 41.3 Å². The quantitative estimate of drug-likeness (QED) is 0.0741. The zero-order valence-electron chi connectivity index (χ0n) is 21.9. The number of ether oxygens (including phenoxy) is 2. The number of aliphatic hydroxyl groups excluding tert-OH is 2. The first-order chi connectivity index (χ1) is 18.8. The summed E-state index contributed by atoms with van der Waals surface area (Å²) in [4.78, 5) is 0. The van der Waals surface area contributed by atoms with Crippen molar-refractivity contribution in [3.8, 4) is 11.5 Å². The van der Waals surface area contributed by atoms with E-state index >= 15 is 0 Å². The molecule has 40 heavy (non-hydrogen) atoms. The predicted molar refractivity (Wildman–Crippen MR) is 146 cm³/mol. The molecule has 0 aromatic heterocycles. The van der Waals surface area contributed by atoms with Gasteiger partial charge < -0.3 is 31.2 Å². The molecular formula is C26H36F3N4O6S-. The minimum atomic E-state index is -5.37. The smallest absolute Gasteiger partial charge is 0.468 e. The minimum Gasteiger partial charge on any atom is -0.494 e. The van der Waals surface area contributed by atoms with Gasteiger partial charge in [-0.1, -0.05) is 0 Å². The van der Waals surface area contributed by atoms with E-state index in [0.29, 0.717) is 24.3 Å². The summed E-state index contributed by atoms with van der Waals surface area (Å²) in [6.07, 6.45) is 2.92. The van der Waals surface area contributed by atoms with E-state index in [1.807, 2.05) is 24.3 Å². The van der Waals surface area contributed by atoms with Crippen LogP contribution in [-0.2, 0) is 9.84 Å². The van der Waals surface area contributed by atoms with Gasteiger partial charge in [-0.2, -0.15) is 18.4 Å². The topological polar surface area (TPSA) is 193 Å². The van der Waals surface area contributed by atoms with Crippen LogP contribution in [0.5, 0.6) is 11.5 Å². The number of benzene rings is 2. The summed E-state index contributed by atoms with van der Waals surface area (Å²) in [5, 5.41) is 30.5. The van der Waals surface area contributed by atoms with Crippen molar-refractivity contribution in [1.82, 2.24) is 0 Å². The second-order valence-corrected chi connectivity index (χ2v) is 10.5. The van der Waals surface area contributed by atoms with Gasteiger partial charge in [0.15, 0.2) is 0 Å². The molecule has 0 heterocycles. The van der Waals surface area contributed by atoms with Crippen molar-refractivity contribution in [1.29, 1.82) is 10.8 Å².